The number of hydrogen-bond donors (Lipinski definition) is 1. The van der Waals surface area contributed by atoms with Gasteiger partial charge < -0.3 is 10.5 Å². The van der Waals surface area contributed by atoms with E-state index in [1.54, 1.807) is 7.11 Å². The van der Waals surface area contributed by atoms with Crippen LogP contribution in [0.15, 0.2) is 23.1 Å². The number of nitrogens with two attached hydrogens (primary N) is 1. The average molecular weight is 239 g/mol. The molecule has 1 aromatic rings. The molecule has 3 heteroatoms. The summed E-state index contributed by atoms with van der Waals surface area (Å²) < 4.78 is 5.36. The van der Waals surface area contributed by atoms with E-state index < -0.39 is 0 Å². The topological polar surface area (TPSA) is 35.2 Å². The zero-order chi connectivity index (χ0) is 12.0. The number of ether oxygens (including phenoxy) is 1. The zero-order valence-corrected chi connectivity index (χ0v) is 11.1. The van der Waals surface area contributed by atoms with Crippen molar-refractivity contribution in [2.45, 2.75) is 37.6 Å². The van der Waals surface area contributed by atoms with Gasteiger partial charge in [0, 0.05) is 16.5 Å². The van der Waals surface area contributed by atoms with Gasteiger partial charge in [-0.25, -0.2) is 0 Å². The minimum atomic E-state index is 0.0141. The predicted molar refractivity (Wildman–Crippen MR) is 71.2 cm³/mol. The van der Waals surface area contributed by atoms with Crippen molar-refractivity contribution in [1.82, 2.24) is 0 Å². The van der Waals surface area contributed by atoms with Crippen molar-refractivity contribution in [3.63, 3.8) is 0 Å². The summed E-state index contributed by atoms with van der Waals surface area (Å²) in [6.45, 7) is 4.21. The van der Waals surface area contributed by atoms with Gasteiger partial charge in [-0.2, -0.15) is 0 Å². The summed E-state index contributed by atoms with van der Waals surface area (Å²) in [5, 5.41) is 0. The molecule has 0 amide bonds. The van der Waals surface area contributed by atoms with Gasteiger partial charge in [0.25, 0.3) is 0 Å². The molecule has 16 heavy (non-hydrogen) atoms. The minimum Gasteiger partial charge on any atom is -0.496 e. The fraction of sp³-hybridized carbons (Fsp3) is 0.538. The SMILES string of the molecule is CCCCSc1cccc(OC)c1[C@@H](C)N. The fourth-order valence-electron chi connectivity index (χ4n) is 1.60. The van der Waals surface area contributed by atoms with Gasteiger partial charge in [0.1, 0.15) is 5.75 Å². The van der Waals surface area contributed by atoms with Crippen LogP contribution in [0.3, 0.4) is 0 Å². The highest BCUT2D eigenvalue weighted by Crippen LogP contribution is 2.34. The molecule has 0 radical (unpaired) electrons. The Bertz CT molecular complexity index is 326. The molecule has 2 N–H and O–H groups in total. The maximum atomic E-state index is 6.00. The summed E-state index contributed by atoms with van der Waals surface area (Å²) in [6, 6.07) is 6.14. The number of unbranched alkanes of at least 4 members (excludes halogenated alkanes) is 1. The Labute approximate surface area is 103 Å². The van der Waals surface area contributed by atoms with Gasteiger partial charge in [-0.05, 0) is 31.2 Å². The summed E-state index contributed by atoms with van der Waals surface area (Å²) in [6.07, 6.45) is 2.46. The first-order valence-electron chi connectivity index (χ1n) is 5.76. The van der Waals surface area contributed by atoms with E-state index in [1.807, 2.05) is 30.8 Å². The first-order chi connectivity index (χ1) is 7.70. The van der Waals surface area contributed by atoms with E-state index in [4.69, 9.17) is 10.5 Å². The standard InChI is InChI=1S/C13H21NOS/c1-4-5-9-16-12-8-6-7-11(15-3)13(12)10(2)14/h6-8,10H,4-5,9,14H2,1-3H3/t10-/m1/s1. The van der Waals surface area contributed by atoms with Crippen LogP contribution in [-0.4, -0.2) is 12.9 Å². The number of thioether (sulfide) groups is 1. The number of benzene rings is 1. The van der Waals surface area contributed by atoms with Gasteiger partial charge in [0.2, 0.25) is 0 Å². The molecule has 0 heterocycles. The number of methoxy groups -OCH3 is 1. The van der Waals surface area contributed by atoms with Crippen LogP contribution < -0.4 is 10.5 Å². The van der Waals surface area contributed by atoms with Crippen molar-refractivity contribution in [2.24, 2.45) is 5.73 Å². The van der Waals surface area contributed by atoms with Gasteiger partial charge in [-0.1, -0.05) is 19.4 Å². The predicted octanol–water partition coefficient (Wildman–Crippen LogP) is 3.61. The van der Waals surface area contributed by atoms with E-state index in [0.717, 1.165) is 17.1 Å². The monoisotopic (exact) mass is 239 g/mol. The van der Waals surface area contributed by atoms with E-state index >= 15 is 0 Å². The van der Waals surface area contributed by atoms with E-state index in [0.29, 0.717) is 0 Å². The first kappa shape index (κ1) is 13.4. The molecule has 0 unspecified atom stereocenters. The van der Waals surface area contributed by atoms with Gasteiger partial charge in [-0.3, -0.25) is 0 Å². The Kier molecular flexibility index (Phi) is 5.71. The van der Waals surface area contributed by atoms with Crippen LogP contribution >= 0.6 is 11.8 Å². The molecule has 2 nitrogen and oxygen atoms in total. The Balaban J connectivity index is 2.89. The van der Waals surface area contributed by atoms with Gasteiger partial charge >= 0.3 is 0 Å². The van der Waals surface area contributed by atoms with Gasteiger partial charge in [0.05, 0.1) is 7.11 Å². The Morgan fingerprint density at radius 2 is 2.19 bits per heavy atom. The molecule has 0 aliphatic heterocycles. The molecule has 1 atom stereocenters. The normalized spacial score (nSPS) is 12.5. The fourth-order valence-corrected chi connectivity index (χ4v) is 2.87. The van der Waals surface area contributed by atoms with E-state index in [9.17, 15) is 0 Å². The molecule has 0 saturated carbocycles. The van der Waals surface area contributed by atoms with Crippen LogP contribution in [0, 0.1) is 0 Å². The van der Waals surface area contributed by atoms with Crippen LogP contribution in [0.25, 0.3) is 0 Å². The van der Waals surface area contributed by atoms with Crippen molar-refractivity contribution in [1.29, 1.82) is 0 Å². The third-order valence-electron chi connectivity index (χ3n) is 2.46. The van der Waals surface area contributed by atoms with Crippen LogP contribution in [0.2, 0.25) is 0 Å². The lowest BCUT2D eigenvalue weighted by molar-refractivity contribution is 0.405. The Hall–Kier alpha value is -0.670. The van der Waals surface area contributed by atoms with Crippen molar-refractivity contribution in [2.75, 3.05) is 12.9 Å². The summed E-state index contributed by atoms with van der Waals surface area (Å²) in [7, 11) is 1.70. The molecule has 0 saturated heterocycles. The lowest BCUT2D eigenvalue weighted by atomic mass is 10.1. The first-order valence-corrected chi connectivity index (χ1v) is 6.74. The largest absolute Gasteiger partial charge is 0.496 e. The second kappa shape index (κ2) is 6.81. The molecule has 90 valence electrons. The third-order valence-corrected chi connectivity index (χ3v) is 3.62. The maximum absolute atomic E-state index is 6.00. The van der Waals surface area contributed by atoms with Crippen molar-refractivity contribution in [3.05, 3.63) is 23.8 Å². The van der Waals surface area contributed by atoms with Crippen LogP contribution in [-0.2, 0) is 0 Å². The second-order valence-electron chi connectivity index (χ2n) is 3.86. The van der Waals surface area contributed by atoms with E-state index in [2.05, 4.69) is 13.0 Å². The lowest BCUT2D eigenvalue weighted by Gasteiger charge is -2.16. The number of hydrogen-bond acceptors (Lipinski definition) is 3. The Morgan fingerprint density at radius 1 is 1.44 bits per heavy atom. The van der Waals surface area contributed by atoms with Crippen LogP contribution in [0.1, 0.15) is 38.3 Å². The second-order valence-corrected chi connectivity index (χ2v) is 5.00. The number of rotatable bonds is 6. The molecule has 0 fully saturated rings. The summed E-state index contributed by atoms with van der Waals surface area (Å²) in [5.41, 5.74) is 7.13. The molecule has 0 aromatic heterocycles. The van der Waals surface area contributed by atoms with E-state index in [1.165, 1.54) is 17.7 Å². The molecule has 1 rings (SSSR count). The van der Waals surface area contributed by atoms with Crippen molar-refractivity contribution >= 4 is 11.8 Å². The summed E-state index contributed by atoms with van der Waals surface area (Å²) in [4.78, 5) is 1.25. The summed E-state index contributed by atoms with van der Waals surface area (Å²) in [5.74, 6) is 2.04. The van der Waals surface area contributed by atoms with Crippen molar-refractivity contribution < 1.29 is 4.74 Å². The Morgan fingerprint density at radius 3 is 2.75 bits per heavy atom. The smallest absolute Gasteiger partial charge is 0.124 e. The molecule has 0 bridgehead atoms. The van der Waals surface area contributed by atoms with Gasteiger partial charge in [0.15, 0.2) is 0 Å². The highest BCUT2D eigenvalue weighted by atomic mass is 32.2. The molecule has 0 aliphatic carbocycles. The zero-order valence-electron chi connectivity index (χ0n) is 10.3. The lowest BCUT2D eigenvalue weighted by Crippen LogP contribution is -2.08. The maximum Gasteiger partial charge on any atom is 0.124 e. The molecular weight excluding hydrogens is 218 g/mol. The third kappa shape index (κ3) is 3.42. The highest BCUT2D eigenvalue weighted by Gasteiger charge is 2.12. The molecule has 1 aromatic carbocycles. The average Bonchev–Trinajstić information content (AvgIpc) is 2.28. The van der Waals surface area contributed by atoms with Crippen molar-refractivity contribution in [3.8, 4) is 5.75 Å². The molecular formula is C13H21NOS. The molecule has 0 aliphatic rings. The van der Waals surface area contributed by atoms with Gasteiger partial charge in [-0.15, -0.1) is 11.8 Å². The minimum absolute atomic E-state index is 0.0141. The quantitative estimate of drug-likeness (QED) is 0.608. The molecule has 0 spiro atoms. The highest BCUT2D eigenvalue weighted by molar-refractivity contribution is 7.99. The van der Waals surface area contributed by atoms with Crippen LogP contribution in [0.5, 0.6) is 5.75 Å². The van der Waals surface area contributed by atoms with E-state index in [-0.39, 0.29) is 6.04 Å². The summed E-state index contributed by atoms with van der Waals surface area (Å²) >= 11 is 1.87. The van der Waals surface area contributed by atoms with Crippen LogP contribution in [0.4, 0.5) is 0 Å².